The van der Waals surface area contributed by atoms with Gasteiger partial charge in [0.15, 0.2) is 0 Å². The highest BCUT2D eigenvalue weighted by Crippen LogP contribution is 2.19. The molecule has 8 nitrogen and oxygen atoms in total. The number of furan rings is 1. The first-order valence-electron chi connectivity index (χ1n) is 8.79. The first-order valence-corrected chi connectivity index (χ1v) is 9.58. The number of hydrazone groups is 1. The number of amides is 3. The SMILES string of the molecule is Cc1ccc(C=NNC(=O)C(=O)Nc2ccccc2C(=O)Nc2ccc(Br)cc2)o1. The summed E-state index contributed by atoms with van der Waals surface area (Å²) in [5, 5.41) is 8.84. The van der Waals surface area contributed by atoms with Gasteiger partial charge in [-0.25, -0.2) is 5.43 Å². The summed E-state index contributed by atoms with van der Waals surface area (Å²) in [7, 11) is 0. The van der Waals surface area contributed by atoms with Crippen molar-refractivity contribution >= 4 is 51.2 Å². The summed E-state index contributed by atoms with van der Waals surface area (Å²) in [5.74, 6) is -1.26. The van der Waals surface area contributed by atoms with E-state index in [4.69, 9.17) is 4.42 Å². The van der Waals surface area contributed by atoms with E-state index in [1.807, 2.05) is 0 Å². The van der Waals surface area contributed by atoms with Crippen LogP contribution in [0.1, 0.15) is 21.9 Å². The van der Waals surface area contributed by atoms with E-state index in [2.05, 4.69) is 37.1 Å². The first-order chi connectivity index (χ1) is 14.4. The first kappa shape index (κ1) is 21.0. The van der Waals surface area contributed by atoms with Gasteiger partial charge in [-0.15, -0.1) is 0 Å². The Morgan fingerprint density at radius 1 is 0.933 bits per heavy atom. The smallest absolute Gasteiger partial charge is 0.329 e. The summed E-state index contributed by atoms with van der Waals surface area (Å²) in [5.41, 5.74) is 3.09. The van der Waals surface area contributed by atoms with Crippen LogP contribution in [0.3, 0.4) is 0 Å². The second-order valence-electron chi connectivity index (χ2n) is 6.11. The van der Waals surface area contributed by atoms with E-state index < -0.39 is 17.7 Å². The fraction of sp³-hybridized carbons (Fsp3) is 0.0476. The fourth-order valence-corrected chi connectivity index (χ4v) is 2.69. The second-order valence-corrected chi connectivity index (χ2v) is 7.02. The number of nitrogens with one attached hydrogen (secondary N) is 3. The van der Waals surface area contributed by atoms with E-state index in [9.17, 15) is 14.4 Å². The third-order valence-electron chi connectivity index (χ3n) is 3.85. The maximum Gasteiger partial charge on any atom is 0.329 e. The van der Waals surface area contributed by atoms with Crippen LogP contribution in [0.25, 0.3) is 0 Å². The Morgan fingerprint density at radius 2 is 1.67 bits per heavy atom. The van der Waals surface area contributed by atoms with Gasteiger partial charge in [0.25, 0.3) is 5.91 Å². The average molecular weight is 469 g/mol. The number of hydrogen-bond acceptors (Lipinski definition) is 5. The molecule has 0 saturated heterocycles. The zero-order valence-electron chi connectivity index (χ0n) is 15.8. The third-order valence-corrected chi connectivity index (χ3v) is 4.38. The lowest BCUT2D eigenvalue weighted by molar-refractivity contribution is -0.136. The summed E-state index contributed by atoms with van der Waals surface area (Å²) in [6.45, 7) is 1.77. The van der Waals surface area contributed by atoms with Crippen LogP contribution in [0.4, 0.5) is 11.4 Å². The molecule has 0 fully saturated rings. The Morgan fingerprint density at radius 3 is 2.37 bits per heavy atom. The predicted octanol–water partition coefficient (Wildman–Crippen LogP) is 3.69. The van der Waals surface area contributed by atoms with E-state index >= 15 is 0 Å². The lowest BCUT2D eigenvalue weighted by Crippen LogP contribution is -2.33. The van der Waals surface area contributed by atoms with Gasteiger partial charge < -0.3 is 15.1 Å². The molecule has 0 radical (unpaired) electrons. The minimum absolute atomic E-state index is 0.193. The molecule has 3 rings (SSSR count). The molecule has 0 saturated carbocycles. The predicted molar refractivity (Wildman–Crippen MR) is 116 cm³/mol. The minimum Gasteiger partial charge on any atom is -0.460 e. The molecule has 0 bridgehead atoms. The number of para-hydroxylation sites is 1. The van der Waals surface area contributed by atoms with Crippen LogP contribution in [-0.4, -0.2) is 23.9 Å². The Kier molecular flexibility index (Phi) is 6.76. The van der Waals surface area contributed by atoms with Crippen LogP contribution in [0.2, 0.25) is 0 Å². The molecule has 1 heterocycles. The normalized spacial score (nSPS) is 10.6. The number of benzene rings is 2. The summed E-state index contributed by atoms with van der Waals surface area (Å²) in [6.07, 6.45) is 1.28. The van der Waals surface area contributed by atoms with Crippen molar-refractivity contribution in [1.29, 1.82) is 0 Å². The van der Waals surface area contributed by atoms with Gasteiger partial charge in [-0.2, -0.15) is 5.10 Å². The van der Waals surface area contributed by atoms with Gasteiger partial charge >= 0.3 is 11.8 Å². The van der Waals surface area contributed by atoms with E-state index in [1.165, 1.54) is 12.3 Å². The lowest BCUT2D eigenvalue weighted by atomic mass is 10.1. The van der Waals surface area contributed by atoms with Crippen LogP contribution in [-0.2, 0) is 9.59 Å². The van der Waals surface area contributed by atoms with Gasteiger partial charge in [0.2, 0.25) is 0 Å². The molecule has 0 aliphatic rings. The number of hydrogen-bond donors (Lipinski definition) is 3. The van der Waals surface area contributed by atoms with E-state index in [1.54, 1.807) is 61.5 Å². The minimum atomic E-state index is -0.988. The van der Waals surface area contributed by atoms with Crippen molar-refractivity contribution in [2.75, 3.05) is 10.6 Å². The summed E-state index contributed by atoms with van der Waals surface area (Å²) >= 11 is 3.33. The van der Waals surface area contributed by atoms with Crippen LogP contribution >= 0.6 is 15.9 Å². The number of halogens is 1. The van der Waals surface area contributed by atoms with E-state index in [-0.39, 0.29) is 11.3 Å². The maximum absolute atomic E-state index is 12.6. The molecular formula is C21H17BrN4O4. The van der Waals surface area contributed by atoms with Crippen LogP contribution in [0.5, 0.6) is 0 Å². The van der Waals surface area contributed by atoms with Crippen molar-refractivity contribution in [3.05, 3.63) is 82.2 Å². The molecule has 0 spiro atoms. The molecule has 0 atom stereocenters. The second kappa shape index (κ2) is 9.66. The highest BCUT2D eigenvalue weighted by Gasteiger charge is 2.17. The number of nitrogens with zero attached hydrogens (tertiary/aromatic N) is 1. The number of carbonyl (C=O) groups is 3. The standard InChI is InChI=1S/C21H17BrN4O4/c1-13-6-11-16(30-13)12-23-26-21(29)20(28)25-18-5-3-2-4-17(18)19(27)24-15-9-7-14(22)8-10-15/h2-12H,1H3,(H,24,27)(H,25,28)(H,26,29). The molecule has 3 amide bonds. The lowest BCUT2D eigenvalue weighted by Gasteiger charge is -2.11. The Hall–Kier alpha value is -3.72. The molecule has 3 N–H and O–H groups in total. The quantitative estimate of drug-likeness (QED) is 0.301. The number of carbonyl (C=O) groups excluding carboxylic acids is 3. The van der Waals surface area contributed by atoms with Gasteiger partial charge in [0.1, 0.15) is 11.5 Å². The zero-order chi connectivity index (χ0) is 21.5. The third kappa shape index (κ3) is 5.65. The monoisotopic (exact) mass is 468 g/mol. The Labute approximate surface area is 180 Å². The van der Waals surface area contributed by atoms with Crippen molar-refractivity contribution in [2.24, 2.45) is 5.10 Å². The van der Waals surface area contributed by atoms with Crippen molar-refractivity contribution in [1.82, 2.24) is 5.43 Å². The largest absolute Gasteiger partial charge is 0.460 e. The van der Waals surface area contributed by atoms with Gasteiger partial charge in [-0.05, 0) is 55.5 Å². The molecule has 30 heavy (non-hydrogen) atoms. The van der Waals surface area contributed by atoms with E-state index in [0.29, 0.717) is 17.2 Å². The van der Waals surface area contributed by atoms with Gasteiger partial charge in [-0.3, -0.25) is 14.4 Å². The average Bonchev–Trinajstić information content (AvgIpc) is 3.15. The van der Waals surface area contributed by atoms with Crippen molar-refractivity contribution in [3.8, 4) is 0 Å². The molecule has 0 aliphatic carbocycles. The Bertz CT molecular complexity index is 1110. The number of rotatable bonds is 5. The highest BCUT2D eigenvalue weighted by atomic mass is 79.9. The van der Waals surface area contributed by atoms with E-state index in [0.717, 1.165) is 4.47 Å². The zero-order valence-corrected chi connectivity index (χ0v) is 17.4. The molecule has 1 aromatic heterocycles. The van der Waals surface area contributed by atoms with Crippen LogP contribution < -0.4 is 16.1 Å². The van der Waals surface area contributed by atoms with Gasteiger partial charge in [-0.1, -0.05) is 28.1 Å². The Balaban J connectivity index is 1.63. The highest BCUT2D eigenvalue weighted by molar-refractivity contribution is 9.10. The molecule has 152 valence electrons. The van der Waals surface area contributed by atoms with Crippen LogP contribution in [0, 0.1) is 6.92 Å². The van der Waals surface area contributed by atoms with Crippen molar-refractivity contribution in [2.45, 2.75) is 6.92 Å². The fourth-order valence-electron chi connectivity index (χ4n) is 2.43. The number of aryl methyl sites for hydroxylation is 1. The van der Waals surface area contributed by atoms with Crippen molar-refractivity contribution in [3.63, 3.8) is 0 Å². The van der Waals surface area contributed by atoms with Crippen LogP contribution in [0.15, 0.2) is 74.7 Å². The topological polar surface area (TPSA) is 113 Å². The molecule has 3 aromatic rings. The van der Waals surface area contributed by atoms with Gasteiger partial charge in [0, 0.05) is 10.2 Å². The molecule has 9 heteroatoms. The molecule has 0 aliphatic heterocycles. The van der Waals surface area contributed by atoms with Gasteiger partial charge in [0.05, 0.1) is 17.5 Å². The molecule has 0 unspecified atom stereocenters. The summed E-state index contributed by atoms with van der Waals surface area (Å²) < 4.78 is 6.15. The maximum atomic E-state index is 12.6. The number of anilines is 2. The summed E-state index contributed by atoms with van der Waals surface area (Å²) in [4.78, 5) is 36.7. The van der Waals surface area contributed by atoms with Crippen molar-refractivity contribution < 1.29 is 18.8 Å². The molecular weight excluding hydrogens is 452 g/mol. The summed E-state index contributed by atoms with van der Waals surface area (Å²) in [6, 6.07) is 16.8. The molecule has 2 aromatic carbocycles.